The molecule has 1 aromatic carbocycles. The maximum atomic E-state index is 14.4. The predicted molar refractivity (Wildman–Crippen MR) is 204 cm³/mol. The molecular formula is C44H63N3O5. The number of amides is 2. The largest absolute Gasteiger partial charge is 0.478 e. The number of carboxylic acid groups (broad SMARTS) is 1. The van der Waals surface area contributed by atoms with Crippen molar-refractivity contribution >= 4 is 17.8 Å². The highest BCUT2D eigenvalue weighted by Crippen LogP contribution is 2.75. The number of nitrogens with one attached hydrogen (secondary N) is 2. The second-order valence-corrected chi connectivity index (χ2v) is 18.5. The second kappa shape index (κ2) is 14.2. The Morgan fingerprint density at radius 2 is 1.63 bits per heavy atom. The second-order valence-electron chi connectivity index (χ2n) is 18.5. The topological polar surface area (TPSA) is 129 Å². The molecule has 52 heavy (non-hydrogen) atoms. The summed E-state index contributed by atoms with van der Waals surface area (Å²) in [5.74, 6) is 0.917. The van der Waals surface area contributed by atoms with Crippen LogP contribution in [0.25, 0.3) is 0 Å². The number of hydrogen-bond donors (Lipinski definition) is 4. The SMILES string of the molecule is CCCC1(C(=O)NCCc2cccc(C(=O)NCc3ccc(C(=O)O)cn3)c2)CC[C@]2(C)C(CCC3C4(C)CCC(O)C(C)(C)C4CCC32C)C1C. The first-order chi connectivity index (χ1) is 24.5. The van der Waals surface area contributed by atoms with Crippen molar-refractivity contribution in [3.63, 3.8) is 0 Å². The molecule has 284 valence electrons. The number of nitrogens with zero attached hydrogens (tertiary/aromatic N) is 1. The van der Waals surface area contributed by atoms with Gasteiger partial charge in [-0.3, -0.25) is 14.6 Å². The lowest BCUT2D eigenvalue weighted by molar-refractivity contribution is -0.246. The summed E-state index contributed by atoms with van der Waals surface area (Å²) in [6, 6.07) is 10.6. The molecule has 6 rings (SSSR count). The van der Waals surface area contributed by atoms with E-state index in [0.29, 0.717) is 47.9 Å². The number of aliphatic hydroxyl groups is 1. The predicted octanol–water partition coefficient (Wildman–Crippen LogP) is 8.22. The number of hydrogen-bond acceptors (Lipinski definition) is 5. The van der Waals surface area contributed by atoms with Crippen LogP contribution in [-0.4, -0.2) is 45.6 Å². The fourth-order valence-corrected chi connectivity index (χ4v) is 12.9. The third-order valence-electron chi connectivity index (χ3n) is 16.0. The molecule has 2 aromatic rings. The van der Waals surface area contributed by atoms with Crippen molar-refractivity contribution in [2.75, 3.05) is 6.54 Å². The normalized spacial score (nSPS) is 36.4. The molecule has 2 amide bonds. The van der Waals surface area contributed by atoms with Gasteiger partial charge < -0.3 is 20.8 Å². The van der Waals surface area contributed by atoms with Gasteiger partial charge in [0.25, 0.3) is 5.91 Å². The minimum atomic E-state index is -1.04. The van der Waals surface area contributed by atoms with E-state index in [1.807, 2.05) is 18.2 Å². The van der Waals surface area contributed by atoms with E-state index < -0.39 is 5.97 Å². The van der Waals surface area contributed by atoms with Crippen molar-refractivity contribution in [1.29, 1.82) is 0 Å². The number of fused-ring (bicyclic) bond motifs is 5. The first-order valence-corrected chi connectivity index (χ1v) is 20.1. The number of carbonyl (C=O) groups excluding carboxylic acids is 2. The fourth-order valence-electron chi connectivity index (χ4n) is 12.9. The monoisotopic (exact) mass is 713 g/mol. The number of rotatable bonds is 10. The molecule has 0 spiro atoms. The highest BCUT2D eigenvalue weighted by atomic mass is 16.4. The number of carboxylic acids is 1. The van der Waals surface area contributed by atoms with E-state index in [2.05, 4.69) is 64.1 Å². The van der Waals surface area contributed by atoms with Crippen molar-refractivity contribution in [2.24, 2.45) is 50.7 Å². The van der Waals surface area contributed by atoms with Gasteiger partial charge in [0, 0.05) is 18.3 Å². The van der Waals surface area contributed by atoms with Crippen LogP contribution in [0.2, 0.25) is 0 Å². The van der Waals surface area contributed by atoms with E-state index in [4.69, 9.17) is 5.11 Å². The average molecular weight is 714 g/mol. The molecule has 1 heterocycles. The molecule has 0 saturated heterocycles. The van der Waals surface area contributed by atoms with Crippen molar-refractivity contribution in [1.82, 2.24) is 15.6 Å². The summed E-state index contributed by atoms with van der Waals surface area (Å²) in [7, 11) is 0. The summed E-state index contributed by atoms with van der Waals surface area (Å²) in [4.78, 5) is 42.6. The summed E-state index contributed by atoms with van der Waals surface area (Å²) < 4.78 is 0. The molecule has 8 heteroatoms. The van der Waals surface area contributed by atoms with Gasteiger partial charge in [-0.15, -0.1) is 0 Å². The standard InChI is InChI=1S/C44H63N3O5/c1-8-19-44(39(52)45-24-18-29-10-9-11-30(25-29)37(49)47-27-32-13-12-31(26-46-32)38(50)51)23-22-42(6)33(28(44)2)14-15-35-41(5)20-17-36(48)40(3,4)34(41)16-21-43(35,42)7/h9-13,25-26,28,33-36,48H,8,14-24,27H2,1-7H3,(H,45,52)(H,47,49)(H,50,51)/t28?,33?,34?,35?,36?,41?,42-,43?,44?/m1/s1. The van der Waals surface area contributed by atoms with Gasteiger partial charge in [-0.05, 0) is 139 Å². The van der Waals surface area contributed by atoms with E-state index >= 15 is 0 Å². The summed E-state index contributed by atoms with van der Waals surface area (Å²) in [5, 5.41) is 26.4. The molecule has 4 aliphatic carbocycles. The summed E-state index contributed by atoms with van der Waals surface area (Å²) >= 11 is 0. The summed E-state index contributed by atoms with van der Waals surface area (Å²) in [6.07, 6.45) is 12.4. The molecular weight excluding hydrogens is 651 g/mol. The molecule has 1 aromatic heterocycles. The van der Waals surface area contributed by atoms with Gasteiger partial charge >= 0.3 is 5.97 Å². The van der Waals surface area contributed by atoms with Crippen LogP contribution in [0.5, 0.6) is 0 Å². The van der Waals surface area contributed by atoms with Crippen LogP contribution >= 0.6 is 0 Å². The number of aromatic carboxylic acids is 1. The molecule has 8 unspecified atom stereocenters. The highest BCUT2D eigenvalue weighted by Gasteiger charge is 2.69. The van der Waals surface area contributed by atoms with Crippen molar-refractivity contribution in [3.05, 3.63) is 65.0 Å². The van der Waals surface area contributed by atoms with E-state index in [0.717, 1.165) is 44.1 Å². The number of pyridine rings is 1. The Bertz CT molecular complexity index is 1660. The van der Waals surface area contributed by atoms with Gasteiger partial charge in [0.1, 0.15) is 0 Å². The van der Waals surface area contributed by atoms with Crippen LogP contribution < -0.4 is 10.6 Å². The first kappa shape index (κ1) is 38.5. The van der Waals surface area contributed by atoms with Crippen LogP contribution in [0.1, 0.15) is 145 Å². The van der Waals surface area contributed by atoms with Crippen LogP contribution in [-0.2, 0) is 17.8 Å². The lowest BCUT2D eigenvalue weighted by atomic mass is 9.32. The van der Waals surface area contributed by atoms with E-state index in [-0.39, 0.29) is 57.1 Å². The van der Waals surface area contributed by atoms with Gasteiger partial charge in [-0.25, -0.2) is 4.79 Å². The lowest BCUT2D eigenvalue weighted by Crippen LogP contribution is -2.67. The number of aromatic nitrogens is 1. The molecule has 4 fully saturated rings. The molecule has 4 saturated carbocycles. The third kappa shape index (κ3) is 6.28. The van der Waals surface area contributed by atoms with Crippen LogP contribution in [0.4, 0.5) is 0 Å². The number of aliphatic hydroxyl groups excluding tert-OH is 1. The van der Waals surface area contributed by atoms with Crippen molar-refractivity contribution in [3.8, 4) is 0 Å². The third-order valence-corrected chi connectivity index (χ3v) is 16.0. The Hall–Kier alpha value is -3.26. The van der Waals surface area contributed by atoms with Crippen molar-refractivity contribution in [2.45, 2.75) is 132 Å². The first-order valence-electron chi connectivity index (χ1n) is 20.1. The van der Waals surface area contributed by atoms with Gasteiger partial charge in [0.05, 0.1) is 29.3 Å². The molecule has 4 N–H and O–H groups in total. The minimum Gasteiger partial charge on any atom is -0.478 e. The zero-order valence-corrected chi connectivity index (χ0v) is 32.7. The molecule has 8 nitrogen and oxygen atoms in total. The Morgan fingerprint density at radius 1 is 0.865 bits per heavy atom. The minimum absolute atomic E-state index is 0.0505. The fraction of sp³-hybridized carbons (Fsp3) is 0.682. The Morgan fingerprint density at radius 3 is 2.33 bits per heavy atom. The number of benzene rings is 1. The van der Waals surface area contributed by atoms with Crippen molar-refractivity contribution < 1.29 is 24.6 Å². The lowest BCUT2D eigenvalue weighted by Gasteiger charge is -2.72. The van der Waals surface area contributed by atoms with Crippen LogP contribution in [0.3, 0.4) is 0 Å². The van der Waals surface area contributed by atoms with Crippen LogP contribution in [0.15, 0.2) is 42.6 Å². The highest BCUT2D eigenvalue weighted by molar-refractivity contribution is 5.94. The van der Waals surface area contributed by atoms with Crippen LogP contribution in [0, 0.1) is 50.7 Å². The molecule has 0 aliphatic heterocycles. The average Bonchev–Trinajstić information content (AvgIpc) is 3.11. The molecule has 0 radical (unpaired) electrons. The van der Waals surface area contributed by atoms with Gasteiger partial charge in [-0.1, -0.05) is 67.0 Å². The zero-order valence-electron chi connectivity index (χ0n) is 32.7. The van der Waals surface area contributed by atoms with Gasteiger partial charge in [0.2, 0.25) is 5.91 Å². The quantitative estimate of drug-likeness (QED) is 0.197. The molecule has 9 atom stereocenters. The number of carbonyl (C=O) groups is 3. The van der Waals surface area contributed by atoms with E-state index in [1.54, 1.807) is 12.1 Å². The molecule has 0 bridgehead atoms. The van der Waals surface area contributed by atoms with E-state index in [9.17, 15) is 19.5 Å². The Labute approximate surface area is 311 Å². The smallest absolute Gasteiger partial charge is 0.337 e. The summed E-state index contributed by atoms with van der Waals surface area (Å²) in [6.45, 7) is 17.7. The van der Waals surface area contributed by atoms with Gasteiger partial charge in [-0.2, -0.15) is 0 Å². The maximum Gasteiger partial charge on any atom is 0.337 e. The van der Waals surface area contributed by atoms with Gasteiger partial charge in [0.15, 0.2) is 0 Å². The zero-order chi connectivity index (χ0) is 37.7. The Kier molecular flexibility index (Phi) is 10.5. The Balaban J connectivity index is 1.10. The molecule has 4 aliphatic rings. The maximum absolute atomic E-state index is 14.4. The summed E-state index contributed by atoms with van der Waals surface area (Å²) in [5.41, 5.74) is 2.42. The van der Waals surface area contributed by atoms with E-state index in [1.165, 1.54) is 37.9 Å².